The average molecular weight is 312 g/mol. The van der Waals surface area contributed by atoms with Crippen molar-refractivity contribution in [2.75, 3.05) is 6.61 Å². The van der Waals surface area contributed by atoms with Crippen molar-refractivity contribution in [3.63, 3.8) is 0 Å². The molecule has 0 aliphatic heterocycles. The highest BCUT2D eigenvalue weighted by Gasteiger charge is 2.11. The zero-order valence-electron chi connectivity index (χ0n) is 11.4. The highest BCUT2D eigenvalue weighted by atomic mass is 35.5. The number of carbonyl (C=O) groups excluding carboxylic acids is 1. The van der Waals surface area contributed by atoms with Gasteiger partial charge in [0.05, 0.1) is 5.56 Å². The first-order chi connectivity index (χ1) is 10.7. The molecule has 0 fully saturated rings. The summed E-state index contributed by atoms with van der Waals surface area (Å²) in [5.41, 5.74) is 2.50. The van der Waals surface area contributed by atoms with Crippen molar-refractivity contribution >= 4 is 28.7 Å². The molecule has 0 unspecified atom stereocenters. The first-order valence-corrected chi connectivity index (χ1v) is 6.82. The molecule has 108 valence electrons. The van der Waals surface area contributed by atoms with E-state index < -0.39 is 5.97 Å². The number of terminal acetylenes is 1. The number of carbonyl (C=O) groups is 1. The molecule has 0 aliphatic carbocycles. The number of fused-ring (bicyclic) bond motifs is 1. The van der Waals surface area contributed by atoms with Gasteiger partial charge >= 0.3 is 5.97 Å². The molecular weight excluding hydrogens is 302 g/mol. The summed E-state index contributed by atoms with van der Waals surface area (Å²) < 4.78 is 10.5. The fourth-order valence-corrected chi connectivity index (χ4v) is 2.13. The van der Waals surface area contributed by atoms with Crippen molar-refractivity contribution in [1.29, 1.82) is 0 Å². The largest absolute Gasteiger partial charge is 0.449 e. The van der Waals surface area contributed by atoms with Crippen molar-refractivity contribution in [3.05, 3.63) is 53.1 Å². The summed E-state index contributed by atoms with van der Waals surface area (Å²) in [5, 5.41) is 0.596. The van der Waals surface area contributed by atoms with E-state index in [2.05, 4.69) is 10.9 Å². The van der Waals surface area contributed by atoms with Gasteiger partial charge in [-0.2, -0.15) is 0 Å². The number of esters is 1. The maximum atomic E-state index is 11.7. The zero-order chi connectivity index (χ0) is 15.5. The lowest BCUT2D eigenvalue weighted by Gasteiger charge is -2.01. The summed E-state index contributed by atoms with van der Waals surface area (Å²) in [5.74, 6) is 2.24. The van der Waals surface area contributed by atoms with Crippen LogP contribution >= 0.6 is 11.6 Å². The maximum Gasteiger partial charge on any atom is 0.339 e. The van der Waals surface area contributed by atoms with Crippen LogP contribution in [0.3, 0.4) is 0 Å². The molecule has 0 amide bonds. The Morgan fingerprint density at radius 1 is 1.27 bits per heavy atom. The minimum Gasteiger partial charge on any atom is -0.449 e. The van der Waals surface area contributed by atoms with Crippen LogP contribution in [0.1, 0.15) is 10.4 Å². The number of nitrogens with zero attached hydrogens (tertiary/aromatic N) is 1. The van der Waals surface area contributed by atoms with Gasteiger partial charge in [-0.25, -0.2) is 9.78 Å². The summed E-state index contributed by atoms with van der Waals surface area (Å²) in [6.07, 6.45) is 5.05. The predicted octanol–water partition coefficient (Wildman–Crippen LogP) is 3.94. The predicted molar refractivity (Wildman–Crippen MR) is 83.6 cm³/mol. The first kappa shape index (κ1) is 14.2. The van der Waals surface area contributed by atoms with Crippen molar-refractivity contribution in [2.45, 2.75) is 0 Å². The van der Waals surface area contributed by atoms with Gasteiger partial charge in [0.15, 0.2) is 12.2 Å². The lowest BCUT2D eigenvalue weighted by atomic mass is 10.1. The smallest absolute Gasteiger partial charge is 0.339 e. The lowest BCUT2D eigenvalue weighted by Crippen LogP contribution is -2.04. The van der Waals surface area contributed by atoms with Gasteiger partial charge in [0.1, 0.15) is 5.52 Å². The molecule has 3 aromatic rings. The highest BCUT2D eigenvalue weighted by Crippen LogP contribution is 2.26. The van der Waals surface area contributed by atoms with E-state index in [9.17, 15) is 4.79 Å². The van der Waals surface area contributed by atoms with Crippen LogP contribution in [0.5, 0.6) is 0 Å². The third kappa shape index (κ3) is 2.80. The minimum absolute atomic E-state index is 0.0491. The molecule has 0 aliphatic rings. The molecule has 4 nitrogen and oxygen atoms in total. The molecule has 0 radical (unpaired) electrons. The molecule has 2 aromatic carbocycles. The Morgan fingerprint density at radius 3 is 2.77 bits per heavy atom. The summed E-state index contributed by atoms with van der Waals surface area (Å²) in [6, 6.07) is 12.0. The van der Waals surface area contributed by atoms with Gasteiger partial charge in [0.2, 0.25) is 5.89 Å². The van der Waals surface area contributed by atoms with Gasteiger partial charge in [-0.1, -0.05) is 17.5 Å². The van der Waals surface area contributed by atoms with Gasteiger partial charge in [-0.15, -0.1) is 6.42 Å². The van der Waals surface area contributed by atoms with E-state index >= 15 is 0 Å². The Morgan fingerprint density at radius 2 is 2.05 bits per heavy atom. The van der Waals surface area contributed by atoms with Crippen LogP contribution in [0.2, 0.25) is 5.02 Å². The third-order valence-corrected chi connectivity index (χ3v) is 3.24. The Bertz CT molecular complexity index is 875. The molecule has 1 heterocycles. The van der Waals surface area contributed by atoms with E-state index in [4.69, 9.17) is 27.2 Å². The molecule has 3 rings (SSSR count). The second kappa shape index (κ2) is 5.92. The van der Waals surface area contributed by atoms with Crippen molar-refractivity contribution in [3.8, 4) is 23.8 Å². The van der Waals surface area contributed by atoms with Crippen molar-refractivity contribution in [1.82, 2.24) is 4.98 Å². The highest BCUT2D eigenvalue weighted by molar-refractivity contribution is 6.31. The van der Waals surface area contributed by atoms with Gasteiger partial charge in [-0.05, 0) is 42.5 Å². The summed E-state index contributed by atoms with van der Waals surface area (Å²) in [7, 11) is 0. The SMILES string of the molecule is C#CCOC(=O)c1ccc(-c2nc3cc(Cl)ccc3o2)cc1. The van der Waals surface area contributed by atoms with Crippen LogP contribution in [0, 0.1) is 12.3 Å². The van der Waals surface area contributed by atoms with Crippen molar-refractivity contribution in [2.24, 2.45) is 0 Å². The number of hydrogen-bond donors (Lipinski definition) is 0. The normalized spacial score (nSPS) is 10.4. The van der Waals surface area contributed by atoms with E-state index in [0.717, 1.165) is 5.56 Å². The monoisotopic (exact) mass is 311 g/mol. The topological polar surface area (TPSA) is 52.3 Å². The van der Waals surface area contributed by atoms with Crippen LogP contribution in [0.15, 0.2) is 46.9 Å². The van der Waals surface area contributed by atoms with E-state index in [1.54, 1.807) is 42.5 Å². The number of hydrogen-bond acceptors (Lipinski definition) is 4. The minimum atomic E-state index is -0.464. The third-order valence-electron chi connectivity index (χ3n) is 3.00. The average Bonchev–Trinajstić information content (AvgIpc) is 2.95. The number of rotatable bonds is 3. The maximum absolute atomic E-state index is 11.7. The fourth-order valence-electron chi connectivity index (χ4n) is 1.96. The van der Waals surface area contributed by atoms with E-state index in [0.29, 0.717) is 27.6 Å². The number of oxazole rings is 1. The van der Waals surface area contributed by atoms with Crippen molar-refractivity contribution < 1.29 is 13.9 Å². The molecule has 5 heteroatoms. The van der Waals surface area contributed by atoms with Gasteiger partial charge in [0, 0.05) is 10.6 Å². The van der Waals surface area contributed by atoms with Crippen LogP contribution in [0.25, 0.3) is 22.6 Å². The van der Waals surface area contributed by atoms with Crippen LogP contribution in [-0.4, -0.2) is 17.6 Å². The Labute approximate surface area is 131 Å². The summed E-state index contributed by atoms with van der Waals surface area (Å²) in [4.78, 5) is 16.0. The van der Waals surface area contributed by atoms with Crippen LogP contribution in [0.4, 0.5) is 0 Å². The molecule has 0 N–H and O–H groups in total. The zero-order valence-corrected chi connectivity index (χ0v) is 12.1. The van der Waals surface area contributed by atoms with Crippen LogP contribution in [-0.2, 0) is 4.74 Å². The fraction of sp³-hybridized carbons (Fsp3) is 0.0588. The molecule has 0 saturated heterocycles. The number of aromatic nitrogens is 1. The van der Waals surface area contributed by atoms with Gasteiger partial charge in [0.25, 0.3) is 0 Å². The van der Waals surface area contributed by atoms with E-state index in [-0.39, 0.29) is 6.61 Å². The molecule has 0 spiro atoms. The molecular formula is C17H10ClNO3. The molecule has 22 heavy (non-hydrogen) atoms. The van der Waals surface area contributed by atoms with Crippen LogP contribution < -0.4 is 0 Å². The molecule has 1 aromatic heterocycles. The Kier molecular flexibility index (Phi) is 3.82. The number of benzene rings is 2. The quantitative estimate of drug-likeness (QED) is 0.543. The van der Waals surface area contributed by atoms with E-state index in [1.807, 2.05) is 0 Å². The Hall–Kier alpha value is -2.77. The first-order valence-electron chi connectivity index (χ1n) is 6.44. The molecule has 0 bridgehead atoms. The summed E-state index contributed by atoms with van der Waals surface area (Å²) >= 11 is 5.92. The number of ether oxygens (including phenoxy) is 1. The van der Waals surface area contributed by atoms with E-state index in [1.165, 1.54) is 0 Å². The second-order valence-corrected chi connectivity index (χ2v) is 4.93. The number of halogens is 1. The molecule has 0 atom stereocenters. The standard InChI is InChI=1S/C17H10ClNO3/c1-2-9-21-17(20)12-5-3-11(4-6-12)16-19-14-10-13(18)7-8-15(14)22-16/h1,3-8,10H,9H2. The van der Waals surface area contributed by atoms with Gasteiger partial charge in [-0.3, -0.25) is 0 Å². The Balaban J connectivity index is 1.88. The lowest BCUT2D eigenvalue weighted by molar-refractivity contribution is 0.0557. The summed E-state index contributed by atoms with van der Waals surface area (Å²) in [6.45, 7) is -0.0491. The van der Waals surface area contributed by atoms with Gasteiger partial charge < -0.3 is 9.15 Å². The molecule has 0 saturated carbocycles. The second-order valence-electron chi connectivity index (χ2n) is 4.49.